The maximum atomic E-state index is 12.1. The Morgan fingerprint density at radius 2 is 1.88 bits per heavy atom. The summed E-state index contributed by atoms with van der Waals surface area (Å²) in [5, 5.41) is 8.58. The number of hydrogen-bond acceptors (Lipinski definition) is 3. The number of rotatable bonds is 3. The first-order valence-corrected chi connectivity index (χ1v) is 8.11. The Morgan fingerprint density at radius 3 is 2.58 bits per heavy atom. The summed E-state index contributed by atoms with van der Waals surface area (Å²) in [6.45, 7) is 9.75. The monoisotopic (exact) mass is 322 g/mol. The number of benzene rings is 1. The zero-order chi connectivity index (χ0) is 17.4. The predicted octanol–water partition coefficient (Wildman–Crippen LogP) is 3.94. The van der Waals surface area contributed by atoms with Gasteiger partial charge in [-0.1, -0.05) is 32.0 Å². The van der Waals surface area contributed by atoms with Gasteiger partial charge in [-0.15, -0.1) is 0 Å². The Labute approximate surface area is 141 Å². The minimum atomic E-state index is -0.0952. The normalized spacial score (nSPS) is 11.2. The number of para-hydroxylation sites is 1. The standard InChI is InChI=1S/C19H22N4O/c1-11(2)19(24)21-17-10-14(5)22-23(17)16-9-13(4)15-8-6-7-12(3)18(15)20-16/h6-11H,1-5H3,(H,21,24). The molecule has 2 aromatic heterocycles. The van der Waals surface area contributed by atoms with Crippen molar-refractivity contribution in [2.75, 3.05) is 5.32 Å². The topological polar surface area (TPSA) is 59.8 Å². The Kier molecular flexibility index (Phi) is 4.09. The Hall–Kier alpha value is -2.69. The lowest BCUT2D eigenvalue weighted by Crippen LogP contribution is -2.20. The molecule has 2 heterocycles. The van der Waals surface area contributed by atoms with E-state index < -0.39 is 0 Å². The van der Waals surface area contributed by atoms with Crippen molar-refractivity contribution in [1.82, 2.24) is 14.8 Å². The summed E-state index contributed by atoms with van der Waals surface area (Å²) in [5.41, 5.74) is 4.04. The molecule has 1 aromatic carbocycles. The van der Waals surface area contributed by atoms with Crippen LogP contribution in [0.1, 0.15) is 30.7 Å². The summed E-state index contributed by atoms with van der Waals surface area (Å²) >= 11 is 0. The fraction of sp³-hybridized carbons (Fsp3) is 0.316. The van der Waals surface area contributed by atoms with Crippen LogP contribution < -0.4 is 5.32 Å². The minimum Gasteiger partial charge on any atom is -0.310 e. The van der Waals surface area contributed by atoms with E-state index in [1.165, 1.54) is 0 Å². The fourth-order valence-electron chi connectivity index (χ4n) is 2.69. The molecule has 0 atom stereocenters. The highest BCUT2D eigenvalue weighted by atomic mass is 16.1. The highest BCUT2D eigenvalue weighted by Gasteiger charge is 2.15. The number of aromatic nitrogens is 3. The molecule has 0 spiro atoms. The number of aryl methyl sites for hydroxylation is 3. The highest BCUT2D eigenvalue weighted by Crippen LogP contribution is 2.24. The summed E-state index contributed by atoms with van der Waals surface area (Å²) < 4.78 is 1.70. The Morgan fingerprint density at radius 1 is 1.12 bits per heavy atom. The molecular formula is C19H22N4O. The van der Waals surface area contributed by atoms with Crippen LogP contribution >= 0.6 is 0 Å². The highest BCUT2D eigenvalue weighted by molar-refractivity contribution is 5.91. The molecule has 0 unspecified atom stereocenters. The van der Waals surface area contributed by atoms with Crippen LogP contribution in [0, 0.1) is 26.7 Å². The van der Waals surface area contributed by atoms with Crippen molar-refractivity contribution < 1.29 is 4.79 Å². The summed E-state index contributed by atoms with van der Waals surface area (Å²) in [7, 11) is 0. The number of anilines is 1. The fourth-order valence-corrected chi connectivity index (χ4v) is 2.69. The second-order valence-corrected chi connectivity index (χ2v) is 6.50. The second-order valence-electron chi connectivity index (χ2n) is 6.50. The van der Waals surface area contributed by atoms with Crippen LogP contribution in [0.15, 0.2) is 30.3 Å². The van der Waals surface area contributed by atoms with Crippen LogP contribution in [-0.2, 0) is 4.79 Å². The lowest BCUT2D eigenvalue weighted by molar-refractivity contribution is -0.118. The van der Waals surface area contributed by atoms with Crippen molar-refractivity contribution in [3.05, 3.63) is 47.2 Å². The van der Waals surface area contributed by atoms with Crippen molar-refractivity contribution in [1.29, 1.82) is 0 Å². The average Bonchev–Trinajstić information content (AvgIpc) is 2.88. The lowest BCUT2D eigenvalue weighted by Gasteiger charge is -2.12. The number of fused-ring (bicyclic) bond motifs is 1. The SMILES string of the molecule is Cc1cc(NC(=O)C(C)C)n(-c2cc(C)c3cccc(C)c3n2)n1. The molecule has 5 heteroatoms. The van der Waals surface area contributed by atoms with Gasteiger partial charge in [-0.25, -0.2) is 4.98 Å². The van der Waals surface area contributed by atoms with Gasteiger partial charge in [0.25, 0.3) is 0 Å². The third-order valence-electron chi connectivity index (χ3n) is 4.06. The van der Waals surface area contributed by atoms with E-state index in [9.17, 15) is 4.79 Å². The third-order valence-corrected chi connectivity index (χ3v) is 4.06. The summed E-state index contributed by atoms with van der Waals surface area (Å²) in [6, 6.07) is 10.0. The summed E-state index contributed by atoms with van der Waals surface area (Å²) in [6.07, 6.45) is 0. The smallest absolute Gasteiger partial charge is 0.228 e. The number of nitrogens with zero attached hydrogens (tertiary/aromatic N) is 3. The molecule has 0 radical (unpaired) electrons. The molecule has 0 aliphatic carbocycles. The predicted molar refractivity (Wildman–Crippen MR) is 96.5 cm³/mol. The first kappa shape index (κ1) is 16.2. The number of carbonyl (C=O) groups excluding carboxylic acids is 1. The molecule has 24 heavy (non-hydrogen) atoms. The van der Waals surface area contributed by atoms with E-state index in [4.69, 9.17) is 4.98 Å². The van der Waals surface area contributed by atoms with Crippen molar-refractivity contribution >= 4 is 22.6 Å². The van der Waals surface area contributed by atoms with E-state index in [1.807, 2.05) is 52.0 Å². The number of carbonyl (C=O) groups is 1. The second kappa shape index (κ2) is 6.07. The van der Waals surface area contributed by atoms with E-state index in [1.54, 1.807) is 4.68 Å². The number of nitrogens with one attached hydrogen (secondary N) is 1. The maximum absolute atomic E-state index is 12.1. The van der Waals surface area contributed by atoms with Gasteiger partial charge in [-0.05, 0) is 38.0 Å². The van der Waals surface area contributed by atoms with Gasteiger partial charge in [0.2, 0.25) is 5.91 Å². The minimum absolute atomic E-state index is 0.0372. The Balaban J connectivity index is 2.14. The molecule has 124 valence electrons. The van der Waals surface area contributed by atoms with Gasteiger partial charge >= 0.3 is 0 Å². The molecule has 1 N–H and O–H groups in total. The molecule has 0 saturated carbocycles. The van der Waals surface area contributed by atoms with Crippen molar-refractivity contribution in [2.24, 2.45) is 5.92 Å². The van der Waals surface area contributed by atoms with Crippen LogP contribution in [0.25, 0.3) is 16.7 Å². The summed E-state index contributed by atoms with van der Waals surface area (Å²) in [5.74, 6) is 1.22. The van der Waals surface area contributed by atoms with E-state index in [2.05, 4.69) is 23.4 Å². The first-order chi connectivity index (χ1) is 11.4. The average molecular weight is 322 g/mol. The van der Waals surface area contributed by atoms with Crippen LogP contribution in [0.3, 0.4) is 0 Å². The molecule has 0 fully saturated rings. The van der Waals surface area contributed by atoms with Gasteiger partial charge in [-0.2, -0.15) is 9.78 Å². The van der Waals surface area contributed by atoms with Crippen molar-refractivity contribution in [3.8, 4) is 5.82 Å². The molecule has 5 nitrogen and oxygen atoms in total. The summed E-state index contributed by atoms with van der Waals surface area (Å²) in [4.78, 5) is 16.8. The number of pyridine rings is 1. The molecular weight excluding hydrogens is 300 g/mol. The molecule has 0 saturated heterocycles. The largest absolute Gasteiger partial charge is 0.310 e. The van der Waals surface area contributed by atoms with Gasteiger partial charge in [0.15, 0.2) is 5.82 Å². The van der Waals surface area contributed by atoms with Crippen LogP contribution in [-0.4, -0.2) is 20.7 Å². The Bertz CT molecular complexity index is 925. The first-order valence-electron chi connectivity index (χ1n) is 8.11. The zero-order valence-electron chi connectivity index (χ0n) is 14.7. The molecule has 3 aromatic rings. The maximum Gasteiger partial charge on any atom is 0.228 e. The quantitative estimate of drug-likeness (QED) is 0.794. The van der Waals surface area contributed by atoms with Gasteiger partial charge in [0.1, 0.15) is 5.82 Å². The van der Waals surface area contributed by atoms with Gasteiger partial charge < -0.3 is 5.32 Å². The van der Waals surface area contributed by atoms with Gasteiger partial charge in [0.05, 0.1) is 11.2 Å². The molecule has 1 amide bonds. The van der Waals surface area contributed by atoms with E-state index >= 15 is 0 Å². The van der Waals surface area contributed by atoms with E-state index in [0.29, 0.717) is 11.6 Å². The van der Waals surface area contributed by atoms with Crippen LogP contribution in [0.5, 0.6) is 0 Å². The number of amides is 1. The van der Waals surface area contributed by atoms with Crippen molar-refractivity contribution in [2.45, 2.75) is 34.6 Å². The molecule has 0 aliphatic heterocycles. The molecule has 0 bridgehead atoms. The number of hydrogen-bond donors (Lipinski definition) is 1. The molecule has 0 aliphatic rings. The third kappa shape index (κ3) is 2.89. The van der Waals surface area contributed by atoms with E-state index in [0.717, 1.165) is 27.7 Å². The zero-order valence-corrected chi connectivity index (χ0v) is 14.7. The van der Waals surface area contributed by atoms with Crippen molar-refractivity contribution in [3.63, 3.8) is 0 Å². The lowest BCUT2D eigenvalue weighted by atomic mass is 10.1. The van der Waals surface area contributed by atoms with Gasteiger partial charge in [-0.3, -0.25) is 4.79 Å². The van der Waals surface area contributed by atoms with E-state index in [-0.39, 0.29) is 11.8 Å². The van der Waals surface area contributed by atoms with Crippen LogP contribution in [0.4, 0.5) is 5.82 Å². The van der Waals surface area contributed by atoms with Gasteiger partial charge in [0, 0.05) is 17.4 Å². The molecule has 3 rings (SSSR count). The van der Waals surface area contributed by atoms with Crippen LogP contribution in [0.2, 0.25) is 0 Å².